The van der Waals surface area contributed by atoms with E-state index in [1.807, 2.05) is 0 Å². The average Bonchev–Trinajstić information content (AvgIpc) is 2.59. The van der Waals surface area contributed by atoms with Crippen LogP contribution in [0.5, 0.6) is 0 Å². The van der Waals surface area contributed by atoms with Crippen LogP contribution in [0.2, 0.25) is 0 Å². The number of rotatable bonds is 5. The molecule has 1 heterocycles. The molecule has 2 rings (SSSR count). The fourth-order valence-corrected chi connectivity index (χ4v) is 1.77. The molecule has 0 saturated heterocycles. The highest BCUT2D eigenvalue weighted by molar-refractivity contribution is 5.76. The highest BCUT2D eigenvalue weighted by Crippen LogP contribution is 2.16. The van der Waals surface area contributed by atoms with Crippen LogP contribution in [0.3, 0.4) is 0 Å². The standard InChI is InChI=1S/C13H18N2O3/c1-9(2)8-17-6-5-15-11-4-3-10(14)7-12(11)18-13(15)16/h3-4,7,9H,5-6,8,14H2,1-2H3. The summed E-state index contributed by atoms with van der Waals surface area (Å²) in [6, 6.07) is 5.20. The van der Waals surface area contributed by atoms with Crippen LogP contribution >= 0.6 is 0 Å². The van der Waals surface area contributed by atoms with Gasteiger partial charge in [-0.2, -0.15) is 0 Å². The van der Waals surface area contributed by atoms with Crippen molar-refractivity contribution in [1.29, 1.82) is 0 Å². The van der Waals surface area contributed by atoms with Gasteiger partial charge in [-0.1, -0.05) is 13.8 Å². The Kier molecular flexibility index (Phi) is 3.72. The summed E-state index contributed by atoms with van der Waals surface area (Å²) in [7, 11) is 0. The summed E-state index contributed by atoms with van der Waals surface area (Å²) in [4.78, 5) is 11.7. The SMILES string of the molecule is CC(C)COCCn1c(=O)oc2cc(N)ccc21. The summed E-state index contributed by atoms with van der Waals surface area (Å²) in [6.07, 6.45) is 0. The number of hydrogen-bond acceptors (Lipinski definition) is 4. The Morgan fingerprint density at radius 2 is 2.22 bits per heavy atom. The molecular weight excluding hydrogens is 232 g/mol. The molecule has 0 aliphatic heterocycles. The molecule has 0 spiro atoms. The zero-order valence-corrected chi connectivity index (χ0v) is 10.7. The average molecular weight is 250 g/mol. The molecule has 0 radical (unpaired) electrons. The number of benzene rings is 1. The Morgan fingerprint density at radius 3 is 2.94 bits per heavy atom. The van der Waals surface area contributed by atoms with E-state index in [2.05, 4.69) is 13.8 Å². The lowest BCUT2D eigenvalue weighted by Gasteiger charge is -2.06. The lowest BCUT2D eigenvalue weighted by Crippen LogP contribution is -2.18. The summed E-state index contributed by atoms with van der Waals surface area (Å²) in [5.74, 6) is 0.117. The number of oxazole rings is 1. The third-order valence-electron chi connectivity index (χ3n) is 2.60. The first-order chi connectivity index (χ1) is 8.58. The van der Waals surface area contributed by atoms with E-state index in [-0.39, 0.29) is 5.76 Å². The van der Waals surface area contributed by atoms with E-state index in [1.54, 1.807) is 22.8 Å². The van der Waals surface area contributed by atoms with E-state index in [9.17, 15) is 4.79 Å². The fraction of sp³-hybridized carbons (Fsp3) is 0.462. The minimum atomic E-state index is -0.372. The molecule has 0 fully saturated rings. The Labute approximate surface area is 105 Å². The number of fused-ring (bicyclic) bond motifs is 1. The van der Waals surface area contributed by atoms with Crippen molar-refractivity contribution in [2.75, 3.05) is 18.9 Å². The quantitative estimate of drug-likeness (QED) is 0.649. The van der Waals surface area contributed by atoms with Crippen molar-refractivity contribution in [3.8, 4) is 0 Å². The van der Waals surface area contributed by atoms with Gasteiger partial charge in [0.1, 0.15) is 0 Å². The topological polar surface area (TPSA) is 70.4 Å². The molecule has 2 aromatic rings. The molecule has 0 aliphatic carbocycles. The molecule has 5 heteroatoms. The van der Waals surface area contributed by atoms with Gasteiger partial charge in [-0.05, 0) is 18.1 Å². The smallest absolute Gasteiger partial charge is 0.408 e. The molecule has 0 atom stereocenters. The molecule has 0 aliphatic rings. The first-order valence-electron chi connectivity index (χ1n) is 6.04. The second-order valence-corrected chi connectivity index (χ2v) is 4.72. The Hall–Kier alpha value is -1.75. The molecule has 1 aromatic carbocycles. The van der Waals surface area contributed by atoms with Gasteiger partial charge in [0, 0.05) is 18.4 Å². The van der Waals surface area contributed by atoms with Crippen LogP contribution in [-0.2, 0) is 11.3 Å². The normalized spacial score (nSPS) is 11.5. The first-order valence-corrected chi connectivity index (χ1v) is 6.04. The zero-order valence-electron chi connectivity index (χ0n) is 10.7. The minimum Gasteiger partial charge on any atom is -0.408 e. The summed E-state index contributed by atoms with van der Waals surface area (Å²) in [5, 5.41) is 0. The van der Waals surface area contributed by atoms with Gasteiger partial charge >= 0.3 is 5.76 Å². The monoisotopic (exact) mass is 250 g/mol. The molecule has 0 saturated carbocycles. The van der Waals surface area contributed by atoms with Crippen LogP contribution in [0.25, 0.3) is 11.1 Å². The number of hydrogen-bond donors (Lipinski definition) is 1. The van der Waals surface area contributed by atoms with Crippen LogP contribution in [0.15, 0.2) is 27.4 Å². The molecule has 98 valence electrons. The van der Waals surface area contributed by atoms with Gasteiger partial charge in [0.2, 0.25) is 0 Å². The number of ether oxygens (including phenoxy) is 1. The fourth-order valence-electron chi connectivity index (χ4n) is 1.77. The highest BCUT2D eigenvalue weighted by atomic mass is 16.5. The molecule has 2 N–H and O–H groups in total. The van der Waals surface area contributed by atoms with Gasteiger partial charge in [-0.25, -0.2) is 4.79 Å². The summed E-state index contributed by atoms with van der Waals surface area (Å²) in [6.45, 7) is 5.85. The van der Waals surface area contributed by atoms with Crippen molar-refractivity contribution in [1.82, 2.24) is 4.57 Å². The summed E-state index contributed by atoms with van der Waals surface area (Å²) >= 11 is 0. The highest BCUT2D eigenvalue weighted by Gasteiger charge is 2.08. The number of nitrogens with zero attached hydrogens (tertiary/aromatic N) is 1. The Bertz CT molecular complexity index is 583. The van der Waals surface area contributed by atoms with Gasteiger partial charge in [0.05, 0.1) is 18.7 Å². The second kappa shape index (κ2) is 5.27. The van der Waals surface area contributed by atoms with Crippen LogP contribution in [0, 0.1) is 5.92 Å². The molecule has 0 bridgehead atoms. The van der Waals surface area contributed by atoms with Crippen molar-refractivity contribution >= 4 is 16.8 Å². The Balaban J connectivity index is 2.13. The lowest BCUT2D eigenvalue weighted by molar-refractivity contribution is 0.102. The maximum atomic E-state index is 11.7. The van der Waals surface area contributed by atoms with E-state index >= 15 is 0 Å². The van der Waals surface area contributed by atoms with Crippen LogP contribution in [0.1, 0.15) is 13.8 Å². The predicted octanol–water partition coefficient (Wildman–Crippen LogP) is 1.85. The van der Waals surface area contributed by atoms with Crippen LogP contribution < -0.4 is 11.5 Å². The summed E-state index contributed by atoms with van der Waals surface area (Å²) < 4.78 is 12.2. The van der Waals surface area contributed by atoms with Crippen molar-refractivity contribution in [3.63, 3.8) is 0 Å². The second-order valence-electron chi connectivity index (χ2n) is 4.72. The largest absolute Gasteiger partial charge is 0.420 e. The number of aromatic nitrogens is 1. The third-order valence-corrected chi connectivity index (χ3v) is 2.60. The molecule has 0 amide bonds. The number of nitrogen functional groups attached to an aromatic ring is 1. The van der Waals surface area contributed by atoms with E-state index in [0.29, 0.717) is 36.9 Å². The molecular formula is C13H18N2O3. The molecule has 5 nitrogen and oxygen atoms in total. The maximum Gasteiger partial charge on any atom is 0.420 e. The van der Waals surface area contributed by atoms with Gasteiger partial charge in [0.25, 0.3) is 0 Å². The van der Waals surface area contributed by atoms with E-state index in [4.69, 9.17) is 14.9 Å². The van der Waals surface area contributed by atoms with Crippen LogP contribution in [-0.4, -0.2) is 17.8 Å². The number of anilines is 1. The first kappa shape index (κ1) is 12.7. The van der Waals surface area contributed by atoms with Gasteiger partial charge in [-0.15, -0.1) is 0 Å². The molecule has 18 heavy (non-hydrogen) atoms. The van der Waals surface area contributed by atoms with Crippen molar-refractivity contribution in [3.05, 3.63) is 28.7 Å². The molecule has 1 aromatic heterocycles. The Morgan fingerprint density at radius 1 is 1.44 bits per heavy atom. The summed E-state index contributed by atoms with van der Waals surface area (Å²) in [5.41, 5.74) is 7.49. The third kappa shape index (κ3) is 2.73. The zero-order chi connectivity index (χ0) is 13.1. The van der Waals surface area contributed by atoms with Crippen molar-refractivity contribution < 1.29 is 9.15 Å². The lowest BCUT2D eigenvalue weighted by atomic mass is 10.2. The van der Waals surface area contributed by atoms with Crippen molar-refractivity contribution in [2.45, 2.75) is 20.4 Å². The minimum absolute atomic E-state index is 0.372. The van der Waals surface area contributed by atoms with E-state index < -0.39 is 0 Å². The van der Waals surface area contributed by atoms with Gasteiger partial charge in [0.15, 0.2) is 5.58 Å². The van der Waals surface area contributed by atoms with E-state index in [1.165, 1.54) is 0 Å². The van der Waals surface area contributed by atoms with Gasteiger partial charge in [-0.3, -0.25) is 4.57 Å². The van der Waals surface area contributed by atoms with Crippen molar-refractivity contribution in [2.24, 2.45) is 5.92 Å². The van der Waals surface area contributed by atoms with Gasteiger partial charge < -0.3 is 14.9 Å². The maximum absolute atomic E-state index is 11.7. The van der Waals surface area contributed by atoms with Crippen LogP contribution in [0.4, 0.5) is 5.69 Å². The van der Waals surface area contributed by atoms with E-state index in [0.717, 1.165) is 5.52 Å². The number of nitrogens with two attached hydrogens (primary N) is 1. The predicted molar refractivity (Wildman–Crippen MR) is 70.5 cm³/mol. The molecule has 0 unspecified atom stereocenters.